The third kappa shape index (κ3) is 4.39. The molecule has 1 aromatic rings. The van der Waals surface area contributed by atoms with Gasteiger partial charge in [-0.2, -0.15) is 0 Å². The minimum Gasteiger partial charge on any atom is -0.379 e. The molecule has 0 spiro atoms. The Morgan fingerprint density at radius 2 is 1.68 bits per heavy atom. The van der Waals surface area contributed by atoms with Gasteiger partial charge in [-0.25, -0.2) is 0 Å². The molecule has 2 saturated heterocycles. The van der Waals surface area contributed by atoms with E-state index in [4.69, 9.17) is 4.74 Å². The van der Waals surface area contributed by atoms with Gasteiger partial charge < -0.3 is 15.0 Å². The largest absolute Gasteiger partial charge is 0.379 e. The maximum Gasteiger partial charge on any atom is 0.230 e. The number of morpholine rings is 1. The SMILES string of the molecule is CC(=O)N1CCC(C(=O)NCC(C)(C)N2CCOCC2)(c2ccccc2)CC1. The molecule has 154 valence electrons. The van der Waals surface area contributed by atoms with Crippen LogP contribution < -0.4 is 5.32 Å². The Bertz CT molecular complexity index is 676. The Kier molecular flexibility index (Phi) is 6.40. The molecule has 0 bridgehead atoms. The van der Waals surface area contributed by atoms with Gasteiger partial charge in [0.05, 0.1) is 18.6 Å². The number of piperidine rings is 1. The van der Waals surface area contributed by atoms with Crippen molar-refractivity contribution >= 4 is 11.8 Å². The monoisotopic (exact) mass is 387 g/mol. The zero-order valence-electron chi connectivity index (χ0n) is 17.4. The number of hydrogen-bond donors (Lipinski definition) is 1. The van der Waals surface area contributed by atoms with Crippen LogP contribution in [0.15, 0.2) is 30.3 Å². The topological polar surface area (TPSA) is 61.9 Å². The van der Waals surface area contributed by atoms with Crippen LogP contribution in [-0.4, -0.2) is 73.1 Å². The van der Waals surface area contributed by atoms with Crippen molar-refractivity contribution in [3.8, 4) is 0 Å². The van der Waals surface area contributed by atoms with E-state index >= 15 is 0 Å². The van der Waals surface area contributed by atoms with E-state index in [1.165, 1.54) is 0 Å². The fourth-order valence-electron chi connectivity index (χ4n) is 4.35. The van der Waals surface area contributed by atoms with E-state index in [1.807, 2.05) is 35.2 Å². The number of carbonyl (C=O) groups excluding carboxylic acids is 2. The maximum atomic E-state index is 13.5. The highest BCUT2D eigenvalue weighted by Gasteiger charge is 2.44. The van der Waals surface area contributed by atoms with Gasteiger partial charge in [-0.1, -0.05) is 30.3 Å². The molecule has 1 aromatic carbocycles. The summed E-state index contributed by atoms with van der Waals surface area (Å²) in [6.45, 7) is 11.0. The van der Waals surface area contributed by atoms with E-state index in [1.54, 1.807) is 6.92 Å². The minimum absolute atomic E-state index is 0.0724. The Morgan fingerprint density at radius 3 is 2.25 bits per heavy atom. The summed E-state index contributed by atoms with van der Waals surface area (Å²) in [7, 11) is 0. The summed E-state index contributed by atoms with van der Waals surface area (Å²) in [5.74, 6) is 0.152. The van der Waals surface area contributed by atoms with Crippen molar-refractivity contribution in [2.24, 2.45) is 0 Å². The van der Waals surface area contributed by atoms with Gasteiger partial charge in [0, 0.05) is 45.2 Å². The highest BCUT2D eigenvalue weighted by atomic mass is 16.5. The summed E-state index contributed by atoms with van der Waals surface area (Å²) in [6, 6.07) is 10.0. The Hall–Kier alpha value is -1.92. The van der Waals surface area contributed by atoms with E-state index in [9.17, 15) is 9.59 Å². The Labute approximate surface area is 168 Å². The number of nitrogens with zero attached hydrogens (tertiary/aromatic N) is 2. The van der Waals surface area contributed by atoms with E-state index in [2.05, 4.69) is 24.1 Å². The van der Waals surface area contributed by atoms with Gasteiger partial charge >= 0.3 is 0 Å². The van der Waals surface area contributed by atoms with Crippen LogP contribution in [0.2, 0.25) is 0 Å². The number of amides is 2. The first kappa shape index (κ1) is 20.8. The number of hydrogen-bond acceptors (Lipinski definition) is 4. The number of ether oxygens (including phenoxy) is 1. The maximum absolute atomic E-state index is 13.5. The molecular formula is C22H33N3O3. The van der Waals surface area contributed by atoms with Crippen LogP contribution in [0, 0.1) is 0 Å². The van der Waals surface area contributed by atoms with Crippen LogP contribution in [0.4, 0.5) is 0 Å². The van der Waals surface area contributed by atoms with Crippen LogP contribution in [0.5, 0.6) is 0 Å². The molecule has 0 atom stereocenters. The lowest BCUT2D eigenvalue weighted by molar-refractivity contribution is -0.135. The standard InChI is InChI=1S/C22H33N3O3/c1-18(26)24-11-9-22(10-12-24,19-7-5-4-6-8-19)20(27)23-17-21(2,3)25-13-15-28-16-14-25/h4-8H,9-17H2,1-3H3,(H,23,27). The van der Waals surface area contributed by atoms with Crippen molar-refractivity contribution in [3.63, 3.8) is 0 Å². The minimum atomic E-state index is -0.575. The number of carbonyl (C=O) groups is 2. The summed E-state index contributed by atoms with van der Waals surface area (Å²) in [5, 5.41) is 3.25. The van der Waals surface area contributed by atoms with Crippen molar-refractivity contribution in [2.45, 2.75) is 44.6 Å². The second-order valence-corrected chi connectivity index (χ2v) is 8.55. The molecule has 1 N–H and O–H groups in total. The molecule has 2 heterocycles. The van der Waals surface area contributed by atoms with Gasteiger partial charge in [-0.15, -0.1) is 0 Å². The van der Waals surface area contributed by atoms with E-state index in [0.29, 0.717) is 32.5 Å². The van der Waals surface area contributed by atoms with Crippen LogP contribution >= 0.6 is 0 Å². The lowest BCUT2D eigenvalue weighted by Crippen LogP contribution is -2.58. The molecular weight excluding hydrogens is 354 g/mol. The third-order valence-corrected chi connectivity index (χ3v) is 6.37. The molecule has 3 rings (SSSR count). The molecule has 2 aliphatic heterocycles. The molecule has 6 heteroatoms. The summed E-state index contributed by atoms with van der Waals surface area (Å²) in [5.41, 5.74) is 0.339. The Morgan fingerprint density at radius 1 is 1.07 bits per heavy atom. The van der Waals surface area contributed by atoms with Gasteiger partial charge in [0.1, 0.15) is 0 Å². The third-order valence-electron chi connectivity index (χ3n) is 6.37. The fraction of sp³-hybridized carbons (Fsp3) is 0.636. The molecule has 6 nitrogen and oxygen atoms in total. The van der Waals surface area contributed by atoms with Gasteiger partial charge in [-0.3, -0.25) is 14.5 Å². The summed E-state index contributed by atoms with van der Waals surface area (Å²) in [6.07, 6.45) is 1.31. The van der Waals surface area contributed by atoms with Crippen molar-refractivity contribution in [1.29, 1.82) is 0 Å². The van der Waals surface area contributed by atoms with E-state index in [0.717, 1.165) is 31.9 Å². The predicted octanol–water partition coefficient (Wildman–Crippen LogP) is 1.79. The van der Waals surface area contributed by atoms with Gasteiger partial charge in [-0.05, 0) is 32.3 Å². The average molecular weight is 388 g/mol. The Balaban J connectivity index is 1.73. The van der Waals surface area contributed by atoms with Crippen molar-refractivity contribution in [1.82, 2.24) is 15.1 Å². The average Bonchev–Trinajstić information content (AvgIpc) is 2.73. The first-order valence-electron chi connectivity index (χ1n) is 10.3. The van der Waals surface area contributed by atoms with Crippen molar-refractivity contribution in [3.05, 3.63) is 35.9 Å². The summed E-state index contributed by atoms with van der Waals surface area (Å²) < 4.78 is 5.46. The van der Waals surface area contributed by atoms with Crippen molar-refractivity contribution in [2.75, 3.05) is 45.9 Å². The van der Waals surface area contributed by atoms with E-state index < -0.39 is 5.41 Å². The normalized spacial score (nSPS) is 20.6. The van der Waals surface area contributed by atoms with Crippen LogP contribution in [0.3, 0.4) is 0 Å². The molecule has 2 fully saturated rings. The first-order valence-corrected chi connectivity index (χ1v) is 10.3. The molecule has 0 saturated carbocycles. The van der Waals surface area contributed by atoms with Crippen molar-refractivity contribution < 1.29 is 14.3 Å². The van der Waals surface area contributed by atoms with Crippen LogP contribution in [0.25, 0.3) is 0 Å². The van der Waals surface area contributed by atoms with E-state index in [-0.39, 0.29) is 17.4 Å². The zero-order chi connectivity index (χ0) is 20.2. The number of rotatable bonds is 5. The summed E-state index contributed by atoms with van der Waals surface area (Å²) in [4.78, 5) is 29.4. The van der Waals surface area contributed by atoms with Gasteiger partial charge in [0.15, 0.2) is 0 Å². The second kappa shape index (κ2) is 8.62. The molecule has 0 radical (unpaired) electrons. The molecule has 2 amide bonds. The summed E-state index contributed by atoms with van der Waals surface area (Å²) >= 11 is 0. The van der Waals surface area contributed by atoms with Gasteiger partial charge in [0.2, 0.25) is 11.8 Å². The molecule has 0 unspecified atom stereocenters. The van der Waals surface area contributed by atoms with Crippen LogP contribution in [-0.2, 0) is 19.7 Å². The molecule has 28 heavy (non-hydrogen) atoms. The number of benzene rings is 1. The van der Waals surface area contributed by atoms with Gasteiger partial charge in [0.25, 0.3) is 0 Å². The first-order chi connectivity index (χ1) is 13.3. The smallest absolute Gasteiger partial charge is 0.230 e. The lowest BCUT2D eigenvalue weighted by atomic mass is 9.71. The molecule has 0 aromatic heterocycles. The second-order valence-electron chi connectivity index (χ2n) is 8.55. The lowest BCUT2D eigenvalue weighted by Gasteiger charge is -2.43. The molecule has 0 aliphatic carbocycles. The highest BCUT2D eigenvalue weighted by Crippen LogP contribution is 2.36. The number of nitrogens with one attached hydrogen (secondary N) is 1. The fourth-order valence-corrected chi connectivity index (χ4v) is 4.35. The number of likely N-dealkylation sites (tertiary alicyclic amines) is 1. The van der Waals surface area contributed by atoms with Crippen LogP contribution in [0.1, 0.15) is 39.2 Å². The quantitative estimate of drug-likeness (QED) is 0.837. The zero-order valence-corrected chi connectivity index (χ0v) is 17.4. The highest BCUT2D eigenvalue weighted by molar-refractivity contribution is 5.89. The molecule has 2 aliphatic rings. The predicted molar refractivity (Wildman–Crippen MR) is 109 cm³/mol.